The van der Waals surface area contributed by atoms with Gasteiger partial charge in [0.15, 0.2) is 9.84 Å². The summed E-state index contributed by atoms with van der Waals surface area (Å²) in [4.78, 5) is 28.7. The van der Waals surface area contributed by atoms with E-state index in [9.17, 15) is 36.3 Å². The van der Waals surface area contributed by atoms with Crippen molar-refractivity contribution in [3.05, 3.63) is 52.3 Å². The second kappa shape index (κ2) is 13.6. The van der Waals surface area contributed by atoms with Crippen molar-refractivity contribution in [2.45, 2.75) is 83.4 Å². The summed E-state index contributed by atoms with van der Waals surface area (Å²) < 4.78 is 78.4. The summed E-state index contributed by atoms with van der Waals surface area (Å²) in [5.41, 5.74) is -5.56. The van der Waals surface area contributed by atoms with E-state index in [-0.39, 0.29) is 5.02 Å². The highest BCUT2D eigenvalue weighted by Gasteiger charge is 2.56. The number of hydrogen-bond donors (Lipinski definition) is 2. The molecule has 1 heterocycles. The maximum Gasteiger partial charge on any atom is 0.423 e. The maximum absolute atomic E-state index is 14.1. The Hall–Kier alpha value is -2.61. The minimum atomic E-state index is -5.29. The van der Waals surface area contributed by atoms with E-state index in [4.69, 9.17) is 32.7 Å². The van der Waals surface area contributed by atoms with Gasteiger partial charge in [-0.15, -0.1) is 0 Å². The zero-order valence-electron chi connectivity index (χ0n) is 24.5. The fourth-order valence-corrected chi connectivity index (χ4v) is 5.63. The first-order chi connectivity index (χ1) is 19.4. The number of carbonyl (C=O) groups excluding carboxylic acids is 2. The number of carbonyl (C=O) groups is 2. The van der Waals surface area contributed by atoms with Crippen LogP contribution in [0.2, 0.25) is 10.0 Å². The number of halogens is 5. The van der Waals surface area contributed by atoms with Crippen LogP contribution in [0.4, 0.5) is 18.0 Å². The highest BCUT2D eigenvalue weighted by atomic mass is 35.5. The Kier molecular flexibility index (Phi) is 11.6. The van der Waals surface area contributed by atoms with Crippen LogP contribution >= 0.6 is 23.2 Å². The Morgan fingerprint density at radius 2 is 1.58 bits per heavy atom. The SMILES string of the molecule is CC(C)(C)OC(=O)N[C@@H](CCS(=O)(=O)CCC(O)(c1ccc(-c2ccc(Cl)cc2Cl)cn1)C(F)(F)F)C(=O)OC(C)(C)C. The fraction of sp³-hybridized carbons (Fsp3) is 0.536. The molecule has 1 aromatic heterocycles. The topological polar surface area (TPSA) is 132 Å². The van der Waals surface area contributed by atoms with E-state index in [1.807, 2.05) is 0 Å². The molecular formula is C28H35Cl2F3N2O7S. The number of alkyl carbamates (subject to hydrolysis) is 1. The molecule has 0 aliphatic rings. The number of esters is 1. The summed E-state index contributed by atoms with van der Waals surface area (Å²) in [6.45, 7) is 9.43. The lowest BCUT2D eigenvalue weighted by Gasteiger charge is -2.30. The minimum Gasteiger partial charge on any atom is -0.458 e. The molecule has 0 radical (unpaired) electrons. The van der Waals surface area contributed by atoms with Crippen LogP contribution in [-0.4, -0.2) is 65.5 Å². The number of amides is 1. The molecule has 9 nitrogen and oxygen atoms in total. The van der Waals surface area contributed by atoms with Gasteiger partial charge < -0.3 is 19.9 Å². The molecule has 43 heavy (non-hydrogen) atoms. The van der Waals surface area contributed by atoms with Crippen molar-refractivity contribution in [3.8, 4) is 11.1 Å². The second-order valence-corrected chi connectivity index (χ2v) is 15.0. The molecule has 240 valence electrons. The molecule has 2 N–H and O–H groups in total. The van der Waals surface area contributed by atoms with Gasteiger partial charge >= 0.3 is 18.2 Å². The van der Waals surface area contributed by atoms with Gasteiger partial charge in [0.2, 0.25) is 5.60 Å². The number of sulfone groups is 1. The van der Waals surface area contributed by atoms with Crippen LogP contribution in [0.15, 0.2) is 36.5 Å². The number of rotatable bonds is 10. The summed E-state index contributed by atoms with van der Waals surface area (Å²) in [5.74, 6) is -2.86. The smallest absolute Gasteiger partial charge is 0.423 e. The molecule has 0 aliphatic carbocycles. The van der Waals surface area contributed by atoms with Crippen LogP contribution < -0.4 is 5.32 Å². The number of hydrogen-bond acceptors (Lipinski definition) is 8. The Balaban J connectivity index is 2.23. The standard InChI is InChI=1S/C28H35Cl2F3N2O7S/c1-25(2,3)41-23(36)21(35-24(37)42-26(4,5)6)11-13-43(39,40)14-12-27(38,28(31,32)33)22-10-7-17(16-34-22)19-9-8-18(29)15-20(19)30/h7-10,15-16,21,38H,11-14H2,1-6H3,(H,35,37)/t21-,27?/m0/s1. The quantitative estimate of drug-likeness (QED) is 0.284. The Morgan fingerprint density at radius 1 is 0.977 bits per heavy atom. The zero-order valence-corrected chi connectivity index (χ0v) is 26.8. The van der Waals surface area contributed by atoms with Crippen LogP contribution in [0.3, 0.4) is 0 Å². The van der Waals surface area contributed by atoms with Gasteiger partial charge in [0.05, 0.1) is 17.2 Å². The van der Waals surface area contributed by atoms with Gasteiger partial charge in [-0.1, -0.05) is 35.3 Å². The van der Waals surface area contributed by atoms with E-state index in [0.717, 1.165) is 12.3 Å². The Bertz CT molecular complexity index is 1410. The number of nitrogens with one attached hydrogen (secondary N) is 1. The number of alkyl halides is 3. The molecule has 2 atom stereocenters. The van der Waals surface area contributed by atoms with Gasteiger partial charge in [0.1, 0.15) is 17.2 Å². The lowest BCUT2D eigenvalue weighted by molar-refractivity contribution is -0.268. The highest BCUT2D eigenvalue weighted by molar-refractivity contribution is 7.91. The van der Waals surface area contributed by atoms with Gasteiger partial charge in [-0.3, -0.25) is 4.98 Å². The Morgan fingerprint density at radius 3 is 2.07 bits per heavy atom. The summed E-state index contributed by atoms with van der Waals surface area (Å²) >= 11 is 12.0. The van der Waals surface area contributed by atoms with Crippen molar-refractivity contribution < 1.29 is 45.8 Å². The Labute approximate surface area is 259 Å². The lowest BCUT2D eigenvalue weighted by Crippen LogP contribution is -2.47. The molecule has 1 unspecified atom stereocenters. The summed E-state index contributed by atoms with van der Waals surface area (Å²) in [6, 6.07) is 5.25. The first-order valence-corrected chi connectivity index (χ1v) is 15.6. The van der Waals surface area contributed by atoms with E-state index in [1.54, 1.807) is 47.6 Å². The lowest BCUT2D eigenvalue weighted by atomic mass is 9.94. The van der Waals surface area contributed by atoms with Gasteiger partial charge in [0, 0.05) is 33.8 Å². The second-order valence-electron chi connectivity index (χ2n) is 11.8. The number of aromatic nitrogens is 1. The highest BCUT2D eigenvalue weighted by Crippen LogP contribution is 2.42. The minimum absolute atomic E-state index is 0.227. The normalized spacial score (nSPS) is 14.9. The average molecular weight is 672 g/mol. The van der Waals surface area contributed by atoms with E-state index in [0.29, 0.717) is 16.1 Å². The molecular weight excluding hydrogens is 636 g/mol. The van der Waals surface area contributed by atoms with Gasteiger partial charge in [-0.2, -0.15) is 13.2 Å². The third-order valence-electron chi connectivity index (χ3n) is 5.77. The molecule has 15 heteroatoms. The third kappa shape index (κ3) is 11.1. The molecule has 1 aromatic carbocycles. The van der Waals surface area contributed by atoms with Crippen molar-refractivity contribution >= 4 is 45.1 Å². The predicted molar refractivity (Wildman–Crippen MR) is 157 cm³/mol. The monoisotopic (exact) mass is 670 g/mol. The van der Waals surface area contributed by atoms with E-state index in [1.165, 1.54) is 18.2 Å². The van der Waals surface area contributed by atoms with Crippen molar-refractivity contribution in [3.63, 3.8) is 0 Å². The molecule has 1 amide bonds. The largest absolute Gasteiger partial charge is 0.458 e. The fourth-order valence-electron chi connectivity index (χ4n) is 3.71. The predicted octanol–water partition coefficient (Wildman–Crippen LogP) is 6.24. The van der Waals surface area contributed by atoms with Crippen LogP contribution in [-0.2, 0) is 29.7 Å². The molecule has 0 spiro atoms. The van der Waals surface area contributed by atoms with Crippen molar-refractivity contribution in [1.82, 2.24) is 10.3 Å². The van der Waals surface area contributed by atoms with Crippen LogP contribution in [0.1, 0.15) is 60.1 Å². The molecule has 0 saturated heterocycles. The molecule has 0 saturated carbocycles. The number of benzene rings is 1. The molecule has 0 fully saturated rings. The van der Waals surface area contributed by atoms with Crippen molar-refractivity contribution in [2.75, 3.05) is 11.5 Å². The first kappa shape index (κ1) is 36.6. The number of nitrogens with zero attached hydrogens (tertiary/aromatic N) is 1. The van der Waals surface area contributed by atoms with E-state index >= 15 is 0 Å². The molecule has 2 rings (SSSR count). The maximum atomic E-state index is 14.1. The number of aliphatic hydroxyl groups is 1. The van der Waals surface area contributed by atoms with Gasteiger partial charge in [-0.25, -0.2) is 18.0 Å². The number of ether oxygens (including phenoxy) is 2. The van der Waals surface area contributed by atoms with E-state index in [2.05, 4.69) is 10.3 Å². The van der Waals surface area contributed by atoms with Crippen LogP contribution in [0.5, 0.6) is 0 Å². The molecule has 0 bridgehead atoms. The molecule has 0 aliphatic heterocycles. The number of pyridine rings is 1. The third-order valence-corrected chi connectivity index (χ3v) is 8.00. The summed E-state index contributed by atoms with van der Waals surface area (Å²) in [5, 5.41) is 13.6. The van der Waals surface area contributed by atoms with Crippen LogP contribution in [0.25, 0.3) is 11.1 Å². The van der Waals surface area contributed by atoms with Crippen molar-refractivity contribution in [1.29, 1.82) is 0 Å². The summed E-state index contributed by atoms with van der Waals surface area (Å²) in [7, 11) is -4.30. The zero-order chi connectivity index (χ0) is 33.0. The average Bonchev–Trinajstić information content (AvgIpc) is 2.82. The van der Waals surface area contributed by atoms with Crippen LogP contribution in [0, 0.1) is 0 Å². The first-order valence-electron chi connectivity index (χ1n) is 13.1. The van der Waals surface area contributed by atoms with Gasteiger partial charge in [0.25, 0.3) is 0 Å². The van der Waals surface area contributed by atoms with Gasteiger partial charge in [-0.05, 0) is 66.2 Å². The van der Waals surface area contributed by atoms with Crippen molar-refractivity contribution in [2.24, 2.45) is 0 Å². The van der Waals surface area contributed by atoms with E-state index < -0.39 is 81.0 Å². The molecule has 2 aromatic rings. The summed E-state index contributed by atoms with van der Waals surface area (Å²) in [6.07, 6.45) is -7.02.